The van der Waals surface area contributed by atoms with E-state index < -0.39 is 0 Å². The third-order valence-corrected chi connectivity index (χ3v) is 4.04. The van der Waals surface area contributed by atoms with Crippen molar-refractivity contribution < 1.29 is 4.79 Å². The predicted octanol–water partition coefficient (Wildman–Crippen LogP) is 2.49. The highest BCUT2D eigenvalue weighted by Gasteiger charge is 2.34. The summed E-state index contributed by atoms with van der Waals surface area (Å²) in [6.07, 6.45) is 1.13. The van der Waals surface area contributed by atoms with Gasteiger partial charge in [0.1, 0.15) is 0 Å². The lowest BCUT2D eigenvalue weighted by molar-refractivity contribution is 0.0950. The summed E-state index contributed by atoms with van der Waals surface area (Å²) >= 11 is 3.83. The molecule has 0 aliphatic heterocycles. The molecule has 0 bridgehead atoms. The van der Waals surface area contributed by atoms with Gasteiger partial charge in [-0.05, 0) is 41.0 Å². The Balaban J connectivity index is 1.97. The van der Waals surface area contributed by atoms with E-state index in [0.717, 1.165) is 14.9 Å². The van der Waals surface area contributed by atoms with Gasteiger partial charge in [0, 0.05) is 11.4 Å². The SMILES string of the molecule is CC1CC1NC(=O)c1csc(I)c1. The van der Waals surface area contributed by atoms with E-state index in [1.54, 1.807) is 11.3 Å². The second-order valence-electron chi connectivity index (χ2n) is 3.43. The van der Waals surface area contributed by atoms with Crippen molar-refractivity contribution in [2.45, 2.75) is 19.4 Å². The highest BCUT2D eigenvalue weighted by molar-refractivity contribution is 14.1. The zero-order chi connectivity index (χ0) is 9.42. The molecule has 2 unspecified atom stereocenters. The van der Waals surface area contributed by atoms with Gasteiger partial charge in [-0.2, -0.15) is 0 Å². The normalized spacial score (nSPS) is 25.7. The number of hydrogen-bond donors (Lipinski definition) is 1. The molecule has 1 aliphatic rings. The number of amides is 1. The number of carbonyl (C=O) groups is 1. The number of hydrogen-bond acceptors (Lipinski definition) is 2. The average Bonchev–Trinajstić information content (AvgIpc) is 2.62. The fraction of sp³-hybridized carbons (Fsp3) is 0.444. The first-order chi connectivity index (χ1) is 6.16. The molecule has 0 spiro atoms. The molecule has 1 saturated carbocycles. The van der Waals surface area contributed by atoms with Crippen LogP contribution in [-0.4, -0.2) is 11.9 Å². The average molecular weight is 307 g/mol. The molecule has 0 aromatic carbocycles. The molecule has 70 valence electrons. The Kier molecular flexibility index (Phi) is 2.60. The molecule has 2 nitrogen and oxygen atoms in total. The van der Waals surface area contributed by atoms with Crippen molar-refractivity contribution in [2.24, 2.45) is 5.92 Å². The first-order valence-corrected chi connectivity index (χ1v) is 6.17. The van der Waals surface area contributed by atoms with Crippen LogP contribution in [-0.2, 0) is 0 Å². The van der Waals surface area contributed by atoms with E-state index in [2.05, 4.69) is 34.8 Å². The second-order valence-corrected chi connectivity index (χ2v) is 6.24. The monoisotopic (exact) mass is 307 g/mol. The molecule has 4 heteroatoms. The molecule has 1 heterocycles. The molecule has 0 saturated heterocycles. The van der Waals surface area contributed by atoms with Crippen LogP contribution in [0.2, 0.25) is 0 Å². The minimum Gasteiger partial charge on any atom is -0.349 e. The summed E-state index contributed by atoms with van der Waals surface area (Å²) in [5, 5.41) is 4.90. The van der Waals surface area contributed by atoms with E-state index in [4.69, 9.17) is 0 Å². The summed E-state index contributed by atoms with van der Waals surface area (Å²) < 4.78 is 1.16. The number of rotatable bonds is 2. The van der Waals surface area contributed by atoms with Crippen LogP contribution < -0.4 is 5.32 Å². The lowest BCUT2D eigenvalue weighted by Gasteiger charge is -1.99. The molecular weight excluding hydrogens is 297 g/mol. The molecule has 1 N–H and O–H groups in total. The fourth-order valence-electron chi connectivity index (χ4n) is 1.20. The molecule has 1 aromatic heterocycles. The summed E-state index contributed by atoms with van der Waals surface area (Å²) in [4.78, 5) is 11.5. The Morgan fingerprint density at radius 2 is 2.46 bits per heavy atom. The molecule has 1 aliphatic carbocycles. The molecule has 2 rings (SSSR count). The van der Waals surface area contributed by atoms with E-state index in [1.807, 2.05) is 11.4 Å². The van der Waals surface area contributed by atoms with E-state index in [-0.39, 0.29) is 5.91 Å². The first-order valence-electron chi connectivity index (χ1n) is 4.21. The Morgan fingerprint density at radius 1 is 1.77 bits per heavy atom. The summed E-state index contributed by atoms with van der Waals surface area (Å²) in [6.45, 7) is 2.16. The third-order valence-electron chi connectivity index (χ3n) is 2.26. The van der Waals surface area contributed by atoms with Crippen LogP contribution in [0.3, 0.4) is 0 Å². The third kappa shape index (κ3) is 2.22. The summed E-state index contributed by atoms with van der Waals surface area (Å²) in [6, 6.07) is 2.35. The number of thiophene rings is 1. The van der Waals surface area contributed by atoms with Gasteiger partial charge in [0.2, 0.25) is 0 Å². The van der Waals surface area contributed by atoms with Crippen molar-refractivity contribution in [1.29, 1.82) is 0 Å². The van der Waals surface area contributed by atoms with Gasteiger partial charge in [0.25, 0.3) is 5.91 Å². The topological polar surface area (TPSA) is 29.1 Å². The number of halogens is 1. The number of carbonyl (C=O) groups excluding carboxylic acids is 1. The predicted molar refractivity (Wildman–Crippen MR) is 62.1 cm³/mol. The van der Waals surface area contributed by atoms with Gasteiger partial charge in [-0.3, -0.25) is 4.79 Å². The fourth-order valence-corrected chi connectivity index (χ4v) is 2.53. The van der Waals surface area contributed by atoms with Crippen LogP contribution >= 0.6 is 33.9 Å². The van der Waals surface area contributed by atoms with Gasteiger partial charge in [-0.1, -0.05) is 6.92 Å². The van der Waals surface area contributed by atoms with Crippen molar-refractivity contribution in [3.63, 3.8) is 0 Å². The van der Waals surface area contributed by atoms with Crippen LogP contribution in [0.5, 0.6) is 0 Å². The van der Waals surface area contributed by atoms with Gasteiger partial charge in [0.05, 0.1) is 8.45 Å². The maximum absolute atomic E-state index is 11.5. The zero-order valence-electron chi connectivity index (χ0n) is 7.21. The Labute approximate surface area is 94.9 Å². The summed E-state index contributed by atoms with van der Waals surface area (Å²) in [5.74, 6) is 0.746. The Hall–Kier alpha value is -0.100. The standard InChI is InChI=1S/C9H10INOS/c1-5-2-7(5)11-9(12)6-3-8(10)13-4-6/h3-5,7H,2H2,1H3,(H,11,12). The minimum atomic E-state index is 0.0773. The highest BCUT2D eigenvalue weighted by atomic mass is 127. The minimum absolute atomic E-state index is 0.0773. The van der Waals surface area contributed by atoms with Crippen molar-refractivity contribution >= 4 is 39.8 Å². The van der Waals surface area contributed by atoms with Gasteiger partial charge >= 0.3 is 0 Å². The molecule has 1 fully saturated rings. The highest BCUT2D eigenvalue weighted by Crippen LogP contribution is 2.29. The smallest absolute Gasteiger partial charge is 0.252 e. The first kappa shape index (κ1) is 9.45. The summed E-state index contributed by atoms with van der Waals surface area (Å²) in [5.41, 5.74) is 0.800. The number of nitrogens with one attached hydrogen (secondary N) is 1. The molecule has 1 amide bonds. The van der Waals surface area contributed by atoms with Gasteiger partial charge in [-0.25, -0.2) is 0 Å². The van der Waals surface area contributed by atoms with Gasteiger partial charge < -0.3 is 5.32 Å². The van der Waals surface area contributed by atoms with E-state index in [1.165, 1.54) is 0 Å². The molecule has 2 atom stereocenters. The van der Waals surface area contributed by atoms with E-state index >= 15 is 0 Å². The van der Waals surface area contributed by atoms with Crippen molar-refractivity contribution in [3.8, 4) is 0 Å². The van der Waals surface area contributed by atoms with Crippen molar-refractivity contribution in [2.75, 3.05) is 0 Å². The van der Waals surface area contributed by atoms with E-state index in [0.29, 0.717) is 12.0 Å². The van der Waals surface area contributed by atoms with Crippen LogP contribution in [0, 0.1) is 8.80 Å². The quantitative estimate of drug-likeness (QED) is 0.836. The lowest BCUT2D eigenvalue weighted by atomic mass is 10.3. The molecule has 1 aromatic rings. The van der Waals surface area contributed by atoms with Crippen LogP contribution in [0.15, 0.2) is 11.4 Å². The lowest BCUT2D eigenvalue weighted by Crippen LogP contribution is -2.25. The Bertz CT molecular complexity index is 336. The van der Waals surface area contributed by atoms with Crippen molar-refractivity contribution in [1.82, 2.24) is 5.32 Å². The van der Waals surface area contributed by atoms with Gasteiger partial charge in [-0.15, -0.1) is 11.3 Å². The maximum atomic E-state index is 11.5. The van der Waals surface area contributed by atoms with Gasteiger partial charge in [0.15, 0.2) is 0 Å². The maximum Gasteiger partial charge on any atom is 0.252 e. The zero-order valence-corrected chi connectivity index (χ0v) is 10.2. The summed E-state index contributed by atoms with van der Waals surface area (Å²) in [7, 11) is 0. The second kappa shape index (κ2) is 3.57. The van der Waals surface area contributed by atoms with Crippen LogP contribution in [0.25, 0.3) is 0 Å². The van der Waals surface area contributed by atoms with E-state index in [9.17, 15) is 4.79 Å². The van der Waals surface area contributed by atoms with Crippen molar-refractivity contribution in [3.05, 3.63) is 19.9 Å². The van der Waals surface area contributed by atoms with Crippen LogP contribution in [0.4, 0.5) is 0 Å². The molecular formula is C9H10INOS. The largest absolute Gasteiger partial charge is 0.349 e. The molecule has 13 heavy (non-hydrogen) atoms. The van der Waals surface area contributed by atoms with Crippen LogP contribution in [0.1, 0.15) is 23.7 Å². The molecule has 0 radical (unpaired) electrons. The Morgan fingerprint density at radius 3 is 2.92 bits per heavy atom.